The van der Waals surface area contributed by atoms with E-state index in [1.165, 1.54) is 11.9 Å². The first-order chi connectivity index (χ1) is 9.88. The molecule has 0 spiro atoms. The normalized spacial score (nSPS) is 10.5. The first kappa shape index (κ1) is 15.3. The summed E-state index contributed by atoms with van der Waals surface area (Å²) in [6, 6.07) is 8.52. The molecular weight excluding hydrogens is 300 g/mol. The molecule has 0 aromatic heterocycles. The lowest BCUT2D eigenvalue weighted by Crippen LogP contribution is -2.19. The highest BCUT2D eigenvalue weighted by molar-refractivity contribution is 6.30. The van der Waals surface area contributed by atoms with Crippen molar-refractivity contribution in [1.82, 2.24) is 0 Å². The molecule has 21 heavy (non-hydrogen) atoms. The van der Waals surface area contributed by atoms with Crippen LogP contribution < -0.4 is 4.90 Å². The molecule has 0 bridgehead atoms. The Kier molecular flexibility index (Phi) is 4.43. The largest absolute Gasteiger partial charge is 0.478 e. The number of hydrogen-bond acceptors (Lipinski definition) is 2. The van der Waals surface area contributed by atoms with E-state index < -0.39 is 23.2 Å². The SMILES string of the molecule is CN(Cc1cccc(Cl)c1)c1c(F)cc(C(=O)O)cc1F. The van der Waals surface area contributed by atoms with Crippen LogP contribution in [-0.2, 0) is 6.54 Å². The van der Waals surface area contributed by atoms with Crippen molar-refractivity contribution in [1.29, 1.82) is 0 Å². The van der Waals surface area contributed by atoms with E-state index in [9.17, 15) is 13.6 Å². The lowest BCUT2D eigenvalue weighted by Gasteiger charge is -2.21. The molecule has 0 aliphatic rings. The van der Waals surface area contributed by atoms with Gasteiger partial charge in [0.2, 0.25) is 0 Å². The zero-order chi connectivity index (χ0) is 15.6. The molecule has 0 aliphatic carbocycles. The van der Waals surface area contributed by atoms with Gasteiger partial charge in [-0.05, 0) is 29.8 Å². The van der Waals surface area contributed by atoms with Crippen LogP contribution in [-0.4, -0.2) is 18.1 Å². The van der Waals surface area contributed by atoms with Crippen molar-refractivity contribution in [2.24, 2.45) is 0 Å². The molecule has 0 aliphatic heterocycles. The van der Waals surface area contributed by atoms with Gasteiger partial charge in [0.1, 0.15) is 17.3 Å². The molecule has 0 radical (unpaired) electrons. The Morgan fingerprint density at radius 1 is 1.24 bits per heavy atom. The van der Waals surface area contributed by atoms with Crippen LogP contribution in [0.1, 0.15) is 15.9 Å². The fourth-order valence-electron chi connectivity index (χ4n) is 2.04. The lowest BCUT2D eigenvalue weighted by molar-refractivity contribution is 0.0695. The van der Waals surface area contributed by atoms with E-state index in [2.05, 4.69) is 0 Å². The molecule has 0 heterocycles. The zero-order valence-electron chi connectivity index (χ0n) is 11.1. The number of halogens is 3. The molecule has 6 heteroatoms. The molecule has 2 aromatic carbocycles. The molecular formula is C15H12ClF2NO2. The number of anilines is 1. The summed E-state index contributed by atoms with van der Waals surface area (Å²) in [6.45, 7) is 0.237. The molecule has 110 valence electrons. The summed E-state index contributed by atoms with van der Waals surface area (Å²) in [5.74, 6) is -3.22. The third-order valence-electron chi connectivity index (χ3n) is 2.95. The number of carboxylic acids is 1. The molecule has 2 aromatic rings. The second-order valence-corrected chi connectivity index (χ2v) is 5.02. The van der Waals surface area contributed by atoms with Crippen molar-refractivity contribution in [2.45, 2.75) is 6.54 Å². The molecule has 0 saturated heterocycles. The van der Waals surface area contributed by atoms with E-state index in [1.54, 1.807) is 24.3 Å². The summed E-state index contributed by atoms with van der Waals surface area (Å²) < 4.78 is 27.9. The molecule has 0 atom stereocenters. The first-order valence-electron chi connectivity index (χ1n) is 6.06. The minimum Gasteiger partial charge on any atom is -0.478 e. The summed E-state index contributed by atoms with van der Waals surface area (Å²) >= 11 is 5.86. The van der Waals surface area contributed by atoms with Crippen LogP contribution in [0.4, 0.5) is 14.5 Å². The number of aromatic carboxylic acids is 1. The monoisotopic (exact) mass is 311 g/mol. The molecule has 0 amide bonds. The van der Waals surface area contributed by atoms with E-state index in [-0.39, 0.29) is 12.2 Å². The Balaban J connectivity index is 2.31. The van der Waals surface area contributed by atoms with Gasteiger partial charge in [0.25, 0.3) is 0 Å². The van der Waals surface area contributed by atoms with Gasteiger partial charge in [0.05, 0.1) is 5.56 Å². The van der Waals surface area contributed by atoms with Crippen LogP contribution >= 0.6 is 11.6 Å². The van der Waals surface area contributed by atoms with Crippen molar-refractivity contribution >= 4 is 23.3 Å². The van der Waals surface area contributed by atoms with Gasteiger partial charge in [-0.25, -0.2) is 13.6 Å². The molecule has 0 unspecified atom stereocenters. The van der Waals surface area contributed by atoms with Crippen LogP contribution in [0.25, 0.3) is 0 Å². The molecule has 0 fully saturated rings. The Morgan fingerprint density at radius 3 is 2.38 bits per heavy atom. The van der Waals surface area contributed by atoms with Crippen molar-refractivity contribution < 1.29 is 18.7 Å². The number of benzene rings is 2. The fraction of sp³-hybridized carbons (Fsp3) is 0.133. The van der Waals surface area contributed by atoms with Gasteiger partial charge in [-0.1, -0.05) is 23.7 Å². The van der Waals surface area contributed by atoms with E-state index in [4.69, 9.17) is 16.7 Å². The molecule has 3 nitrogen and oxygen atoms in total. The van der Waals surface area contributed by atoms with Crippen LogP contribution in [0.15, 0.2) is 36.4 Å². The van der Waals surface area contributed by atoms with Crippen LogP contribution in [0, 0.1) is 11.6 Å². The maximum atomic E-state index is 13.9. The van der Waals surface area contributed by atoms with E-state index >= 15 is 0 Å². The standard InChI is InChI=1S/C15H12ClF2NO2/c1-19(8-9-3-2-4-11(16)5-9)14-12(17)6-10(15(20)21)7-13(14)18/h2-7H,8H2,1H3,(H,20,21). The van der Waals surface area contributed by atoms with Gasteiger partial charge in [0.15, 0.2) is 0 Å². The van der Waals surface area contributed by atoms with E-state index in [0.717, 1.165) is 17.7 Å². The van der Waals surface area contributed by atoms with Gasteiger partial charge >= 0.3 is 5.97 Å². The van der Waals surface area contributed by atoms with Gasteiger partial charge in [-0.3, -0.25) is 0 Å². The average molecular weight is 312 g/mol. The van der Waals surface area contributed by atoms with Gasteiger partial charge in [0, 0.05) is 18.6 Å². The highest BCUT2D eigenvalue weighted by atomic mass is 35.5. The summed E-state index contributed by atoms with van der Waals surface area (Å²) in [7, 11) is 1.52. The highest BCUT2D eigenvalue weighted by Crippen LogP contribution is 2.26. The van der Waals surface area contributed by atoms with E-state index in [1.807, 2.05) is 0 Å². The predicted molar refractivity (Wildman–Crippen MR) is 76.9 cm³/mol. The number of carbonyl (C=O) groups is 1. The van der Waals surface area contributed by atoms with E-state index in [0.29, 0.717) is 5.02 Å². The average Bonchev–Trinajstić information content (AvgIpc) is 2.37. The Morgan fingerprint density at radius 2 is 1.86 bits per heavy atom. The van der Waals surface area contributed by atoms with Gasteiger partial charge < -0.3 is 10.0 Å². The topological polar surface area (TPSA) is 40.5 Å². The van der Waals surface area contributed by atoms with Crippen LogP contribution in [0.2, 0.25) is 5.02 Å². The minimum atomic E-state index is -1.38. The zero-order valence-corrected chi connectivity index (χ0v) is 11.9. The van der Waals surface area contributed by atoms with Gasteiger partial charge in [-0.15, -0.1) is 0 Å². The molecule has 2 rings (SSSR count). The third kappa shape index (κ3) is 3.49. The fourth-order valence-corrected chi connectivity index (χ4v) is 2.25. The molecule has 1 N–H and O–H groups in total. The summed E-state index contributed by atoms with van der Waals surface area (Å²) in [5.41, 5.74) is 0.0796. The maximum absolute atomic E-state index is 13.9. The second kappa shape index (κ2) is 6.10. The van der Waals surface area contributed by atoms with Crippen LogP contribution in [0.3, 0.4) is 0 Å². The lowest BCUT2D eigenvalue weighted by atomic mass is 10.1. The summed E-state index contributed by atoms with van der Waals surface area (Å²) in [4.78, 5) is 12.1. The summed E-state index contributed by atoms with van der Waals surface area (Å²) in [5, 5.41) is 9.30. The quantitative estimate of drug-likeness (QED) is 0.929. The number of rotatable bonds is 4. The van der Waals surface area contributed by atoms with Crippen LogP contribution in [0.5, 0.6) is 0 Å². The number of hydrogen-bond donors (Lipinski definition) is 1. The van der Waals surface area contributed by atoms with Crippen molar-refractivity contribution in [2.75, 3.05) is 11.9 Å². The molecule has 0 saturated carbocycles. The Hall–Kier alpha value is -2.14. The summed E-state index contributed by atoms with van der Waals surface area (Å²) in [6.07, 6.45) is 0. The number of carboxylic acid groups (broad SMARTS) is 1. The number of nitrogens with zero attached hydrogens (tertiary/aromatic N) is 1. The maximum Gasteiger partial charge on any atom is 0.335 e. The second-order valence-electron chi connectivity index (χ2n) is 4.58. The third-order valence-corrected chi connectivity index (χ3v) is 3.19. The smallest absolute Gasteiger partial charge is 0.335 e. The Labute approximate surface area is 125 Å². The first-order valence-corrected chi connectivity index (χ1v) is 6.44. The highest BCUT2D eigenvalue weighted by Gasteiger charge is 2.18. The minimum absolute atomic E-state index is 0.237. The van der Waals surface area contributed by atoms with Crippen molar-refractivity contribution in [3.63, 3.8) is 0 Å². The predicted octanol–water partition coefficient (Wildman–Crippen LogP) is 3.95. The Bertz CT molecular complexity index is 668. The van der Waals surface area contributed by atoms with Crippen molar-refractivity contribution in [3.05, 3.63) is 64.2 Å². The van der Waals surface area contributed by atoms with Crippen molar-refractivity contribution in [3.8, 4) is 0 Å². The van der Waals surface area contributed by atoms with Gasteiger partial charge in [-0.2, -0.15) is 0 Å².